The van der Waals surface area contributed by atoms with Crippen LogP contribution < -0.4 is 9.64 Å². The first-order valence-corrected chi connectivity index (χ1v) is 27.1. The van der Waals surface area contributed by atoms with Gasteiger partial charge >= 0.3 is 0 Å². The highest BCUT2D eigenvalue weighted by atomic mass is 32.2. The first-order chi connectivity index (χ1) is 28.8. The summed E-state index contributed by atoms with van der Waals surface area (Å²) in [5, 5.41) is 0.150. The van der Waals surface area contributed by atoms with E-state index in [1.165, 1.54) is 82.0 Å². The maximum atomic E-state index is 12.1. The zero-order valence-electron chi connectivity index (χ0n) is 39.6. The van der Waals surface area contributed by atoms with Crippen molar-refractivity contribution in [1.29, 1.82) is 0 Å². The van der Waals surface area contributed by atoms with Crippen molar-refractivity contribution in [3.63, 3.8) is 0 Å². The van der Waals surface area contributed by atoms with Crippen LogP contribution in [0.2, 0.25) is 18.1 Å². The Morgan fingerprint density at radius 1 is 0.836 bits per heavy atom. The van der Waals surface area contributed by atoms with Gasteiger partial charge in [0.05, 0.1) is 13.7 Å². The Labute approximate surface area is 375 Å². The maximum absolute atomic E-state index is 12.1. The smallest absolute Gasteiger partial charge is 0.192 e. The van der Waals surface area contributed by atoms with Gasteiger partial charge in [0.25, 0.3) is 0 Å². The number of aldehydes is 1. The van der Waals surface area contributed by atoms with E-state index in [0.29, 0.717) is 18.4 Å². The van der Waals surface area contributed by atoms with Gasteiger partial charge in [0.15, 0.2) is 8.32 Å². The van der Waals surface area contributed by atoms with Gasteiger partial charge in [-0.2, -0.15) is 0 Å². The summed E-state index contributed by atoms with van der Waals surface area (Å²) in [5.41, 5.74) is 10.4. The summed E-state index contributed by atoms with van der Waals surface area (Å²) in [6.07, 6.45) is 17.4. The van der Waals surface area contributed by atoms with Gasteiger partial charge < -0.3 is 14.1 Å². The van der Waals surface area contributed by atoms with Crippen molar-refractivity contribution in [2.45, 2.75) is 154 Å². The fraction of sp³-hybridized carbons (Fsp3) is 0.545. The molecule has 5 aliphatic rings. The normalized spacial score (nSPS) is 24.4. The van der Waals surface area contributed by atoms with Crippen LogP contribution in [0, 0.1) is 23.2 Å². The first-order valence-electron chi connectivity index (χ1n) is 23.4. The number of carbonyl (C=O) groups is 1. The number of anilines is 2. The Hall–Kier alpha value is -3.32. The average Bonchev–Trinajstić information content (AvgIpc) is 3.18. The van der Waals surface area contributed by atoms with Gasteiger partial charge in [-0.25, -0.2) is 0 Å². The minimum absolute atomic E-state index is 0.0429. The van der Waals surface area contributed by atoms with Crippen molar-refractivity contribution < 1.29 is 14.0 Å². The molecule has 0 amide bonds. The summed E-state index contributed by atoms with van der Waals surface area (Å²) in [6.45, 7) is 26.9. The lowest BCUT2D eigenvalue weighted by Gasteiger charge is -2.57. The van der Waals surface area contributed by atoms with Crippen LogP contribution in [0.3, 0.4) is 0 Å². The van der Waals surface area contributed by atoms with Crippen LogP contribution in [0.4, 0.5) is 11.4 Å². The highest BCUT2D eigenvalue weighted by Crippen LogP contribution is 2.62. The summed E-state index contributed by atoms with van der Waals surface area (Å²) in [7, 11) is -0.0814. The van der Waals surface area contributed by atoms with Gasteiger partial charge in [0, 0.05) is 33.3 Å². The predicted octanol–water partition coefficient (Wildman–Crippen LogP) is 15.6. The molecule has 0 aliphatic heterocycles. The predicted molar refractivity (Wildman–Crippen MR) is 263 cm³/mol. The number of ether oxygens (including phenoxy) is 1. The third kappa shape index (κ3) is 9.92. The van der Waals surface area contributed by atoms with Crippen LogP contribution in [0.5, 0.6) is 5.75 Å². The van der Waals surface area contributed by atoms with Crippen LogP contribution in [0.15, 0.2) is 93.8 Å². The van der Waals surface area contributed by atoms with Crippen LogP contribution in [-0.2, 0) is 14.6 Å². The number of rotatable bonds is 15. The monoisotopic (exact) mass is 858 g/mol. The van der Waals surface area contributed by atoms with Crippen molar-refractivity contribution in [2.75, 3.05) is 25.2 Å². The zero-order chi connectivity index (χ0) is 43.9. The van der Waals surface area contributed by atoms with Gasteiger partial charge in [-0.3, -0.25) is 4.79 Å². The molecule has 6 heteroatoms. The highest BCUT2D eigenvalue weighted by Gasteiger charge is 2.52. The molecule has 328 valence electrons. The van der Waals surface area contributed by atoms with Crippen LogP contribution in [-0.4, -0.2) is 34.9 Å². The minimum atomic E-state index is -1.94. The van der Waals surface area contributed by atoms with E-state index in [1.54, 1.807) is 0 Å². The lowest BCUT2D eigenvalue weighted by atomic mass is 9.48. The lowest BCUT2D eigenvalue weighted by Crippen LogP contribution is -2.48. The molecule has 3 aromatic carbocycles. The molecule has 3 aromatic rings. The number of allylic oxidation sites excluding steroid dienone is 4. The van der Waals surface area contributed by atoms with E-state index in [-0.39, 0.29) is 15.9 Å². The van der Waals surface area contributed by atoms with E-state index < -0.39 is 8.32 Å². The molecule has 4 saturated carbocycles. The molecule has 5 aliphatic carbocycles. The largest absolute Gasteiger partial charge is 0.496 e. The highest BCUT2D eigenvalue weighted by molar-refractivity contribution is 8.03. The van der Waals surface area contributed by atoms with E-state index in [1.807, 2.05) is 24.9 Å². The molecular formula is C55H75NO3SSi. The van der Waals surface area contributed by atoms with E-state index in [9.17, 15) is 4.79 Å². The molecule has 0 saturated heterocycles. The number of methoxy groups -OCH3 is 1. The first kappa shape index (κ1) is 45.7. The van der Waals surface area contributed by atoms with E-state index in [4.69, 9.17) is 9.16 Å². The van der Waals surface area contributed by atoms with Crippen molar-refractivity contribution in [1.82, 2.24) is 0 Å². The molecule has 0 atom stereocenters. The van der Waals surface area contributed by atoms with Crippen molar-refractivity contribution >= 4 is 43.8 Å². The summed E-state index contributed by atoms with van der Waals surface area (Å²) in [4.78, 5) is 17.2. The SMILES string of the molecule is COc1ccc(N(CCO[Si](C)(C)C(C)(C)C)c2ccc(/C=C/C3=C(Sc4c(C(C)C)cccc4C(C)C)C(=C/C=O)/CC(C)(C)C3)cc2)cc1C12CC3CC(CC(C3)C1)C2. The van der Waals surface area contributed by atoms with Crippen LogP contribution in [0.1, 0.15) is 148 Å². The molecule has 4 bridgehead atoms. The molecule has 8 rings (SSSR count). The molecule has 0 unspecified atom stereocenters. The van der Waals surface area contributed by atoms with Gasteiger partial charge in [0.1, 0.15) is 12.0 Å². The number of hydrogen-bond donors (Lipinski definition) is 0. The summed E-state index contributed by atoms with van der Waals surface area (Å²) in [6, 6.07) is 22.9. The number of benzene rings is 3. The molecule has 4 fully saturated rings. The molecule has 0 N–H and O–H groups in total. The zero-order valence-corrected chi connectivity index (χ0v) is 41.4. The number of thioether (sulfide) groups is 1. The Balaban J connectivity index is 1.23. The molecule has 0 aromatic heterocycles. The van der Waals surface area contributed by atoms with Gasteiger partial charge in [0.2, 0.25) is 0 Å². The van der Waals surface area contributed by atoms with Crippen molar-refractivity contribution in [2.24, 2.45) is 23.2 Å². The molecule has 0 spiro atoms. The molecule has 61 heavy (non-hydrogen) atoms. The average molecular weight is 858 g/mol. The summed E-state index contributed by atoms with van der Waals surface area (Å²) < 4.78 is 13.0. The fourth-order valence-electron chi connectivity index (χ4n) is 11.3. The lowest BCUT2D eigenvalue weighted by molar-refractivity contribution is -0.104. The van der Waals surface area contributed by atoms with E-state index >= 15 is 0 Å². The Morgan fingerprint density at radius 3 is 1.97 bits per heavy atom. The standard InChI is InChI=1S/C55H75NO3SSi/c1-37(2)47-14-13-15-48(38(3)4)52(47)60-51-43(35-54(8,9)36-44(51)24-26-57)19-16-39-17-20-45(21-18-39)56(25-27-59-61(11,12)53(5,6)7)46-22-23-50(58-10)49(31-46)55-32-40-28-41(33-55)30-42(29-40)34-55/h13-24,26,31,37-38,40-42H,25,27-30,32-36H2,1-12H3/b19-16+,44-24+. The quantitative estimate of drug-likeness (QED) is 0.0865. The van der Waals surface area contributed by atoms with Gasteiger partial charge in [-0.1, -0.05) is 117 Å². The van der Waals surface area contributed by atoms with Crippen molar-refractivity contribution in [3.8, 4) is 5.75 Å². The molecule has 0 heterocycles. The van der Waals surface area contributed by atoms with Crippen LogP contribution in [0.25, 0.3) is 6.08 Å². The van der Waals surface area contributed by atoms with Crippen molar-refractivity contribution in [3.05, 3.63) is 111 Å². The number of carbonyl (C=O) groups excluding carboxylic acids is 1. The Bertz CT molecular complexity index is 2090. The maximum Gasteiger partial charge on any atom is 0.192 e. The Kier molecular flexibility index (Phi) is 13.5. The summed E-state index contributed by atoms with van der Waals surface area (Å²) >= 11 is 1.88. The second kappa shape index (κ2) is 18.0. The van der Waals surface area contributed by atoms with E-state index in [0.717, 1.165) is 60.3 Å². The van der Waals surface area contributed by atoms with E-state index in [2.05, 4.69) is 153 Å². The molecular weight excluding hydrogens is 783 g/mol. The van der Waals surface area contributed by atoms with Gasteiger partial charge in [-0.15, -0.1) is 0 Å². The summed E-state index contributed by atoms with van der Waals surface area (Å²) in [5.74, 6) is 4.44. The second-order valence-electron chi connectivity index (χ2n) is 22.1. The topological polar surface area (TPSA) is 38.8 Å². The van der Waals surface area contributed by atoms with Crippen LogP contribution >= 0.6 is 11.8 Å². The molecule has 4 nitrogen and oxygen atoms in total. The fourth-order valence-corrected chi connectivity index (χ4v) is 14.0. The third-order valence-electron chi connectivity index (χ3n) is 15.1. The number of hydrogen-bond acceptors (Lipinski definition) is 5. The molecule has 0 radical (unpaired) electrons. The van der Waals surface area contributed by atoms with Gasteiger partial charge in [-0.05, 0) is 174 Å². The second-order valence-corrected chi connectivity index (χ2v) is 28.0. The Morgan fingerprint density at radius 2 is 1.43 bits per heavy atom. The minimum Gasteiger partial charge on any atom is -0.496 e. The number of nitrogens with zero attached hydrogens (tertiary/aromatic N) is 1. The third-order valence-corrected chi connectivity index (χ3v) is 21.0.